The van der Waals surface area contributed by atoms with Gasteiger partial charge in [-0.3, -0.25) is 4.79 Å². The maximum absolute atomic E-state index is 13.8. The van der Waals surface area contributed by atoms with Crippen molar-refractivity contribution in [1.82, 2.24) is 9.80 Å². The number of hydrogen-bond acceptors (Lipinski definition) is 4. The standard InChI is InChI=1S/C28H38N2O3/c1-29(2)26(20-21-12-14-25(31)15-13-21)22-16-18-30(19-17-22)27(32)28(33,24-10-6-7-11-24)23-8-4-3-5-9-23/h3-5,8-9,12-15,22,24,26,31,33H,6-7,10-11,16-20H2,1-2H3. The van der Waals surface area contributed by atoms with E-state index in [1.54, 1.807) is 12.1 Å². The summed E-state index contributed by atoms with van der Waals surface area (Å²) in [5.74, 6) is 0.655. The van der Waals surface area contributed by atoms with Crippen LogP contribution in [0.3, 0.4) is 0 Å². The van der Waals surface area contributed by atoms with E-state index in [1.807, 2.05) is 47.4 Å². The van der Waals surface area contributed by atoms with E-state index in [1.165, 1.54) is 5.56 Å². The molecule has 2 aromatic rings. The fourth-order valence-corrected chi connectivity index (χ4v) is 5.94. The Morgan fingerprint density at radius 3 is 2.18 bits per heavy atom. The Bertz CT molecular complexity index is 900. The van der Waals surface area contributed by atoms with Gasteiger partial charge < -0.3 is 20.0 Å². The maximum atomic E-state index is 13.8. The molecule has 2 atom stereocenters. The Morgan fingerprint density at radius 2 is 1.61 bits per heavy atom. The highest BCUT2D eigenvalue weighted by Crippen LogP contribution is 2.42. The SMILES string of the molecule is CN(C)C(Cc1ccc(O)cc1)C1CCN(C(=O)C(O)(c2ccccc2)C2CCCC2)CC1. The minimum Gasteiger partial charge on any atom is -0.508 e. The summed E-state index contributed by atoms with van der Waals surface area (Å²) in [6, 6.07) is 17.4. The number of carbonyl (C=O) groups is 1. The first kappa shape index (κ1) is 23.8. The van der Waals surface area contributed by atoms with Crippen LogP contribution in [-0.4, -0.2) is 59.1 Å². The molecule has 5 heteroatoms. The maximum Gasteiger partial charge on any atom is 0.259 e. The van der Waals surface area contributed by atoms with Gasteiger partial charge >= 0.3 is 0 Å². The number of rotatable bonds is 7. The van der Waals surface area contributed by atoms with Crippen molar-refractivity contribution in [3.8, 4) is 5.75 Å². The monoisotopic (exact) mass is 450 g/mol. The molecule has 1 heterocycles. The molecular formula is C28H38N2O3. The van der Waals surface area contributed by atoms with Crippen LogP contribution in [0, 0.1) is 11.8 Å². The molecule has 1 amide bonds. The van der Waals surface area contributed by atoms with Crippen molar-refractivity contribution < 1.29 is 15.0 Å². The predicted molar refractivity (Wildman–Crippen MR) is 131 cm³/mol. The number of piperidine rings is 1. The average Bonchev–Trinajstić information content (AvgIpc) is 3.39. The van der Waals surface area contributed by atoms with Crippen molar-refractivity contribution >= 4 is 5.91 Å². The molecule has 2 fully saturated rings. The molecule has 2 aromatic carbocycles. The molecule has 2 N–H and O–H groups in total. The fraction of sp³-hybridized carbons (Fsp3) is 0.536. The molecular weight excluding hydrogens is 412 g/mol. The molecule has 0 aromatic heterocycles. The van der Waals surface area contributed by atoms with Gasteiger partial charge in [-0.25, -0.2) is 0 Å². The minimum atomic E-state index is -1.42. The van der Waals surface area contributed by atoms with E-state index >= 15 is 0 Å². The van der Waals surface area contributed by atoms with Crippen LogP contribution < -0.4 is 0 Å². The van der Waals surface area contributed by atoms with E-state index < -0.39 is 5.60 Å². The molecule has 5 nitrogen and oxygen atoms in total. The number of nitrogens with zero attached hydrogens (tertiary/aromatic N) is 2. The Morgan fingerprint density at radius 1 is 1.00 bits per heavy atom. The Kier molecular flexibility index (Phi) is 7.40. The summed E-state index contributed by atoms with van der Waals surface area (Å²) in [6.45, 7) is 1.37. The third kappa shape index (κ3) is 5.10. The number of amides is 1. The first-order valence-electron chi connectivity index (χ1n) is 12.4. The van der Waals surface area contributed by atoms with Crippen LogP contribution in [0.4, 0.5) is 0 Å². The summed E-state index contributed by atoms with van der Waals surface area (Å²) < 4.78 is 0. The van der Waals surface area contributed by atoms with E-state index in [-0.39, 0.29) is 11.8 Å². The second-order valence-electron chi connectivity index (χ2n) is 10.1. The van der Waals surface area contributed by atoms with E-state index in [9.17, 15) is 15.0 Å². The van der Waals surface area contributed by atoms with Gasteiger partial charge in [0.15, 0.2) is 5.60 Å². The van der Waals surface area contributed by atoms with Crippen LogP contribution in [0.1, 0.15) is 49.7 Å². The molecule has 0 radical (unpaired) electrons. The number of hydrogen-bond donors (Lipinski definition) is 2. The van der Waals surface area contributed by atoms with Crippen molar-refractivity contribution in [2.45, 2.75) is 56.6 Å². The lowest BCUT2D eigenvalue weighted by atomic mass is 9.78. The first-order chi connectivity index (χ1) is 15.9. The van der Waals surface area contributed by atoms with Crippen molar-refractivity contribution in [2.24, 2.45) is 11.8 Å². The van der Waals surface area contributed by atoms with Crippen molar-refractivity contribution in [2.75, 3.05) is 27.2 Å². The van der Waals surface area contributed by atoms with Gasteiger partial charge in [0.1, 0.15) is 5.75 Å². The molecule has 1 aliphatic heterocycles. The van der Waals surface area contributed by atoms with Gasteiger partial charge in [-0.1, -0.05) is 55.3 Å². The summed E-state index contributed by atoms with van der Waals surface area (Å²) in [5.41, 5.74) is 0.532. The van der Waals surface area contributed by atoms with Crippen LogP contribution in [-0.2, 0) is 16.8 Å². The molecule has 1 saturated carbocycles. The van der Waals surface area contributed by atoms with Crippen molar-refractivity contribution in [3.63, 3.8) is 0 Å². The van der Waals surface area contributed by atoms with Gasteiger partial charge in [0.05, 0.1) is 0 Å². The van der Waals surface area contributed by atoms with Gasteiger partial charge in [-0.05, 0) is 75.4 Å². The van der Waals surface area contributed by atoms with Gasteiger partial charge in [-0.15, -0.1) is 0 Å². The van der Waals surface area contributed by atoms with Crippen LogP contribution in [0.25, 0.3) is 0 Å². The molecule has 4 rings (SSSR count). The number of aromatic hydroxyl groups is 1. The number of likely N-dealkylation sites (N-methyl/N-ethyl adjacent to an activating group) is 1. The van der Waals surface area contributed by atoms with Gasteiger partial charge in [-0.2, -0.15) is 0 Å². The quantitative estimate of drug-likeness (QED) is 0.664. The number of carbonyl (C=O) groups excluding carboxylic acids is 1. The second-order valence-corrected chi connectivity index (χ2v) is 10.1. The first-order valence-corrected chi connectivity index (χ1v) is 12.4. The minimum absolute atomic E-state index is 0.00542. The zero-order chi connectivity index (χ0) is 23.4. The van der Waals surface area contributed by atoms with E-state index in [4.69, 9.17) is 0 Å². The summed E-state index contributed by atoms with van der Waals surface area (Å²) in [7, 11) is 4.24. The Balaban J connectivity index is 1.46. The predicted octanol–water partition coefficient (Wildman–Crippen LogP) is 4.18. The summed E-state index contributed by atoms with van der Waals surface area (Å²) in [6.07, 6.45) is 6.76. The summed E-state index contributed by atoms with van der Waals surface area (Å²) in [4.78, 5) is 18.0. The summed E-state index contributed by atoms with van der Waals surface area (Å²) >= 11 is 0. The summed E-state index contributed by atoms with van der Waals surface area (Å²) in [5, 5.41) is 21.5. The number of likely N-dealkylation sites (tertiary alicyclic amines) is 1. The lowest BCUT2D eigenvalue weighted by Gasteiger charge is -2.43. The fourth-order valence-electron chi connectivity index (χ4n) is 5.94. The highest BCUT2D eigenvalue weighted by molar-refractivity contribution is 5.87. The molecule has 2 unspecified atom stereocenters. The van der Waals surface area contributed by atoms with Crippen LogP contribution >= 0.6 is 0 Å². The molecule has 178 valence electrons. The largest absolute Gasteiger partial charge is 0.508 e. The Hall–Kier alpha value is -2.37. The molecule has 0 spiro atoms. The highest BCUT2D eigenvalue weighted by atomic mass is 16.3. The second kappa shape index (κ2) is 10.3. The van der Waals surface area contributed by atoms with E-state index in [0.29, 0.717) is 30.8 Å². The number of aliphatic hydroxyl groups is 1. The molecule has 2 aliphatic rings. The zero-order valence-electron chi connectivity index (χ0n) is 20.0. The van der Waals surface area contributed by atoms with E-state index in [0.717, 1.165) is 50.5 Å². The zero-order valence-corrected chi connectivity index (χ0v) is 20.0. The van der Waals surface area contributed by atoms with Crippen LogP contribution in [0.5, 0.6) is 5.75 Å². The van der Waals surface area contributed by atoms with Gasteiger partial charge in [0.25, 0.3) is 5.91 Å². The molecule has 0 bridgehead atoms. The third-order valence-electron chi connectivity index (χ3n) is 7.90. The topological polar surface area (TPSA) is 64.0 Å². The number of phenols is 1. The van der Waals surface area contributed by atoms with Gasteiger partial charge in [0, 0.05) is 25.0 Å². The average molecular weight is 451 g/mol. The molecule has 1 saturated heterocycles. The Labute approximate surface area is 198 Å². The molecule has 33 heavy (non-hydrogen) atoms. The third-order valence-corrected chi connectivity index (χ3v) is 7.90. The lowest BCUT2D eigenvalue weighted by molar-refractivity contribution is -0.161. The lowest BCUT2D eigenvalue weighted by Crippen LogP contribution is -2.54. The van der Waals surface area contributed by atoms with Gasteiger partial charge in [0.2, 0.25) is 0 Å². The van der Waals surface area contributed by atoms with E-state index in [2.05, 4.69) is 19.0 Å². The number of phenolic OH excluding ortho intramolecular Hbond substituents is 1. The highest BCUT2D eigenvalue weighted by Gasteiger charge is 2.48. The van der Waals surface area contributed by atoms with Crippen LogP contribution in [0.15, 0.2) is 54.6 Å². The van der Waals surface area contributed by atoms with Crippen molar-refractivity contribution in [1.29, 1.82) is 0 Å². The van der Waals surface area contributed by atoms with Crippen molar-refractivity contribution in [3.05, 3.63) is 65.7 Å². The van der Waals surface area contributed by atoms with Crippen LogP contribution in [0.2, 0.25) is 0 Å². The molecule has 1 aliphatic carbocycles. The number of benzene rings is 2. The smallest absolute Gasteiger partial charge is 0.259 e. The normalized spacial score (nSPS) is 20.7.